The van der Waals surface area contributed by atoms with E-state index in [-0.39, 0.29) is 22.1 Å². The number of halogens is 1. The van der Waals surface area contributed by atoms with Gasteiger partial charge in [0.05, 0.1) is 37.5 Å². The number of carbonyl (C=O) groups is 1. The van der Waals surface area contributed by atoms with Crippen molar-refractivity contribution in [2.45, 2.75) is 24.8 Å². The first-order valence-corrected chi connectivity index (χ1v) is 12.7. The van der Waals surface area contributed by atoms with Crippen LogP contribution in [0.25, 0.3) is 0 Å². The van der Waals surface area contributed by atoms with Crippen LogP contribution in [0.1, 0.15) is 25.5 Å². The standard InChI is InChI=1S/C26H29FN2O6S/c1-5-35-22-12-10-21(11-13-22)29(17-26(30)28-18(2)19-6-8-20(27)9-7-19)36(31,32)23-14-15-24(33-3)25(16-23)34-4/h6-16,18H,5,17H2,1-4H3,(H,28,30). The molecule has 0 saturated heterocycles. The van der Waals surface area contributed by atoms with Gasteiger partial charge in [0.25, 0.3) is 10.0 Å². The van der Waals surface area contributed by atoms with Gasteiger partial charge in [-0.2, -0.15) is 0 Å². The molecule has 0 aliphatic rings. The number of nitrogens with zero attached hydrogens (tertiary/aromatic N) is 1. The average Bonchev–Trinajstić information content (AvgIpc) is 2.87. The number of benzene rings is 3. The lowest BCUT2D eigenvalue weighted by atomic mass is 10.1. The highest BCUT2D eigenvalue weighted by Crippen LogP contribution is 2.32. The lowest BCUT2D eigenvalue weighted by molar-refractivity contribution is -0.120. The van der Waals surface area contributed by atoms with E-state index in [2.05, 4.69) is 5.32 Å². The molecular weight excluding hydrogens is 487 g/mol. The predicted molar refractivity (Wildman–Crippen MR) is 135 cm³/mol. The number of anilines is 1. The Morgan fingerprint density at radius 2 is 1.61 bits per heavy atom. The molecule has 8 nitrogen and oxygen atoms in total. The third-order valence-corrected chi connectivity index (χ3v) is 7.18. The summed E-state index contributed by atoms with van der Waals surface area (Å²) in [7, 11) is -1.34. The molecule has 3 rings (SSSR count). The molecule has 36 heavy (non-hydrogen) atoms. The van der Waals surface area contributed by atoms with Crippen molar-refractivity contribution in [1.82, 2.24) is 5.32 Å². The van der Waals surface area contributed by atoms with Crippen LogP contribution < -0.4 is 23.8 Å². The van der Waals surface area contributed by atoms with E-state index in [9.17, 15) is 17.6 Å². The fourth-order valence-corrected chi connectivity index (χ4v) is 4.98. The van der Waals surface area contributed by atoms with Gasteiger partial charge in [-0.3, -0.25) is 9.10 Å². The van der Waals surface area contributed by atoms with Crippen molar-refractivity contribution < 1.29 is 31.8 Å². The largest absolute Gasteiger partial charge is 0.494 e. The first-order chi connectivity index (χ1) is 17.2. The summed E-state index contributed by atoms with van der Waals surface area (Å²) in [5.74, 6) is 0.248. The van der Waals surface area contributed by atoms with Crippen molar-refractivity contribution in [2.75, 3.05) is 31.7 Å². The fraction of sp³-hybridized carbons (Fsp3) is 0.269. The van der Waals surface area contributed by atoms with Crippen LogP contribution in [0.4, 0.5) is 10.1 Å². The molecule has 0 heterocycles. The molecule has 0 radical (unpaired) electrons. The first kappa shape index (κ1) is 26.8. The normalized spacial score (nSPS) is 11.9. The Morgan fingerprint density at radius 3 is 2.19 bits per heavy atom. The minimum absolute atomic E-state index is 0.0755. The van der Waals surface area contributed by atoms with Gasteiger partial charge < -0.3 is 19.5 Å². The van der Waals surface area contributed by atoms with Crippen molar-refractivity contribution in [1.29, 1.82) is 0 Å². The second-order valence-electron chi connectivity index (χ2n) is 7.80. The zero-order chi connectivity index (χ0) is 26.3. The Hall–Kier alpha value is -3.79. The quantitative estimate of drug-likeness (QED) is 0.408. The van der Waals surface area contributed by atoms with Crippen LogP contribution in [0.15, 0.2) is 71.6 Å². The highest BCUT2D eigenvalue weighted by molar-refractivity contribution is 7.92. The van der Waals surface area contributed by atoms with Crippen LogP contribution >= 0.6 is 0 Å². The third-order valence-electron chi connectivity index (χ3n) is 5.41. The molecular formula is C26H29FN2O6S. The Bertz CT molecular complexity index is 1280. The summed E-state index contributed by atoms with van der Waals surface area (Å²) in [6.45, 7) is 3.54. The summed E-state index contributed by atoms with van der Waals surface area (Å²) in [5.41, 5.74) is 0.956. The minimum atomic E-state index is -4.19. The molecule has 192 valence electrons. The number of sulfonamides is 1. The molecule has 1 atom stereocenters. The molecule has 0 bridgehead atoms. The second-order valence-corrected chi connectivity index (χ2v) is 9.66. The highest BCUT2D eigenvalue weighted by Gasteiger charge is 2.29. The molecule has 3 aromatic carbocycles. The maximum absolute atomic E-state index is 13.7. The van der Waals surface area contributed by atoms with Gasteiger partial charge in [0.2, 0.25) is 5.91 Å². The van der Waals surface area contributed by atoms with E-state index in [1.54, 1.807) is 43.3 Å². The van der Waals surface area contributed by atoms with Crippen molar-refractivity contribution >= 4 is 21.6 Å². The van der Waals surface area contributed by atoms with Crippen molar-refractivity contribution in [3.63, 3.8) is 0 Å². The van der Waals surface area contributed by atoms with Gasteiger partial charge in [-0.15, -0.1) is 0 Å². The van der Waals surface area contributed by atoms with Crippen molar-refractivity contribution in [3.8, 4) is 17.2 Å². The topological polar surface area (TPSA) is 94.2 Å². The molecule has 3 aromatic rings. The van der Waals surface area contributed by atoms with E-state index in [0.29, 0.717) is 23.7 Å². The van der Waals surface area contributed by atoms with Crippen LogP contribution in [-0.4, -0.2) is 41.7 Å². The van der Waals surface area contributed by atoms with E-state index in [1.807, 2.05) is 6.92 Å². The molecule has 0 aliphatic heterocycles. The van der Waals surface area contributed by atoms with E-state index < -0.39 is 28.5 Å². The number of methoxy groups -OCH3 is 2. The predicted octanol–water partition coefficient (Wildman–Crippen LogP) is 4.31. The lowest BCUT2D eigenvalue weighted by Crippen LogP contribution is -2.41. The number of rotatable bonds is 11. The van der Waals surface area contributed by atoms with E-state index in [0.717, 1.165) is 4.31 Å². The average molecular weight is 517 g/mol. The summed E-state index contributed by atoms with van der Waals surface area (Å²) in [6, 6.07) is 15.9. The van der Waals surface area contributed by atoms with Gasteiger partial charge in [0, 0.05) is 6.07 Å². The Morgan fingerprint density at radius 1 is 0.972 bits per heavy atom. The molecule has 0 aliphatic carbocycles. The molecule has 0 aromatic heterocycles. The van der Waals surface area contributed by atoms with Gasteiger partial charge in [-0.25, -0.2) is 12.8 Å². The van der Waals surface area contributed by atoms with Crippen LogP contribution in [0.2, 0.25) is 0 Å². The monoisotopic (exact) mass is 516 g/mol. The molecule has 10 heteroatoms. The van der Waals surface area contributed by atoms with Crippen LogP contribution in [0, 0.1) is 5.82 Å². The maximum Gasteiger partial charge on any atom is 0.264 e. The molecule has 1 amide bonds. The zero-order valence-electron chi connectivity index (χ0n) is 20.5. The number of hydrogen-bond donors (Lipinski definition) is 1. The molecule has 0 fully saturated rings. The van der Waals surface area contributed by atoms with Gasteiger partial charge in [-0.05, 0) is 67.9 Å². The number of ether oxygens (including phenoxy) is 3. The van der Waals surface area contributed by atoms with E-state index in [4.69, 9.17) is 14.2 Å². The summed E-state index contributed by atoms with van der Waals surface area (Å²) < 4.78 is 57.6. The smallest absolute Gasteiger partial charge is 0.264 e. The summed E-state index contributed by atoms with van der Waals surface area (Å²) in [4.78, 5) is 12.9. The third kappa shape index (κ3) is 6.25. The Kier molecular flexibility index (Phi) is 8.76. The summed E-state index contributed by atoms with van der Waals surface area (Å²) in [5, 5.41) is 2.78. The van der Waals surface area contributed by atoms with E-state index in [1.165, 1.54) is 44.6 Å². The number of nitrogens with one attached hydrogen (secondary N) is 1. The van der Waals surface area contributed by atoms with Gasteiger partial charge in [-0.1, -0.05) is 12.1 Å². The van der Waals surface area contributed by atoms with Crippen LogP contribution in [-0.2, 0) is 14.8 Å². The number of hydrogen-bond acceptors (Lipinski definition) is 6. The van der Waals surface area contributed by atoms with Crippen LogP contribution in [0.5, 0.6) is 17.2 Å². The molecule has 0 spiro atoms. The molecule has 0 saturated carbocycles. The Balaban J connectivity index is 1.94. The summed E-state index contributed by atoms with van der Waals surface area (Å²) in [6.07, 6.45) is 0. The fourth-order valence-electron chi connectivity index (χ4n) is 3.55. The Labute approximate surface area is 210 Å². The lowest BCUT2D eigenvalue weighted by Gasteiger charge is -2.25. The second kappa shape index (κ2) is 11.8. The number of carbonyl (C=O) groups excluding carboxylic acids is 1. The van der Waals surface area contributed by atoms with Gasteiger partial charge in [0.1, 0.15) is 18.1 Å². The van der Waals surface area contributed by atoms with E-state index >= 15 is 0 Å². The zero-order valence-corrected chi connectivity index (χ0v) is 21.3. The first-order valence-electron chi connectivity index (χ1n) is 11.2. The van der Waals surface area contributed by atoms with Crippen molar-refractivity contribution in [3.05, 3.63) is 78.1 Å². The maximum atomic E-state index is 13.7. The SMILES string of the molecule is CCOc1ccc(N(CC(=O)NC(C)c2ccc(F)cc2)S(=O)(=O)c2ccc(OC)c(OC)c2)cc1. The minimum Gasteiger partial charge on any atom is -0.494 e. The summed E-state index contributed by atoms with van der Waals surface area (Å²) >= 11 is 0. The van der Waals surface area contributed by atoms with Gasteiger partial charge >= 0.3 is 0 Å². The van der Waals surface area contributed by atoms with Gasteiger partial charge in [0.15, 0.2) is 11.5 Å². The molecule has 1 unspecified atom stereocenters. The number of amides is 1. The van der Waals surface area contributed by atoms with Crippen molar-refractivity contribution in [2.24, 2.45) is 0 Å². The molecule has 1 N–H and O–H groups in total. The highest BCUT2D eigenvalue weighted by atomic mass is 32.2. The van der Waals surface area contributed by atoms with Crippen LogP contribution in [0.3, 0.4) is 0 Å².